The second-order valence-corrected chi connectivity index (χ2v) is 5.76. The summed E-state index contributed by atoms with van der Waals surface area (Å²) in [5.74, 6) is 0.161. The van der Waals surface area contributed by atoms with Crippen LogP contribution in [0.1, 0.15) is 12.0 Å². The van der Waals surface area contributed by atoms with Crippen molar-refractivity contribution in [3.8, 4) is 0 Å². The molecule has 0 aromatic carbocycles. The Balaban J connectivity index is 2.15. The normalized spacial score (nSPS) is 10.3. The predicted molar refractivity (Wildman–Crippen MR) is 67.0 cm³/mol. The number of thiophene rings is 1. The van der Waals surface area contributed by atoms with E-state index < -0.39 is 0 Å². The maximum atomic E-state index is 11.2. The quantitative estimate of drug-likeness (QED) is 0.842. The van der Waals surface area contributed by atoms with Gasteiger partial charge in [0.25, 0.3) is 0 Å². The molecule has 1 heterocycles. The molecule has 0 spiro atoms. The standard InChI is InChI=1S/C10H15BrN2OS/c1-13(2)10(14)3-4-12-6-8-5-9(11)15-7-8/h5,7,12H,3-4,6H2,1-2H3. The summed E-state index contributed by atoms with van der Waals surface area (Å²) in [6, 6.07) is 2.09. The summed E-state index contributed by atoms with van der Waals surface area (Å²) in [7, 11) is 3.55. The number of hydrogen-bond donors (Lipinski definition) is 1. The highest BCUT2D eigenvalue weighted by atomic mass is 79.9. The fourth-order valence-electron chi connectivity index (χ4n) is 1.09. The second-order valence-electron chi connectivity index (χ2n) is 3.47. The van der Waals surface area contributed by atoms with Gasteiger partial charge in [0.15, 0.2) is 0 Å². The average Bonchev–Trinajstić information content (AvgIpc) is 2.58. The van der Waals surface area contributed by atoms with Gasteiger partial charge in [0.2, 0.25) is 5.91 Å². The molecule has 15 heavy (non-hydrogen) atoms. The predicted octanol–water partition coefficient (Wildman–Crippen LogP) is 2.08. The van der Waals surface area contributed by atoms with Crippen LogP contribution in [-0.4, -0.2) is 31.4 Å². The van der Waals surface area contributed by atoms with Gasteiger partial charge in [-0.05, 0) is 32.9 Å². The van der Waals surface area contributed by atoms with Gasteiger partial charge in [0.05, 0.1) is 3.79 Å². The van der Waals surface area contributed by atoms with Crippen LogP contribution < -0.4 is 5.32 Å². The van der Waals surface area contributed by atoms with Gasteiger partial charge in [-0.15, -0.1) is 11.3 Å². The molecular weight excluding hydrogens is 276 g/mol. The molecule has 1 aromatic rings. The van der Waals surface area contributed by atoms with Crippen LogP contribution in [0.5, 0.6) is 0 Å². The van der Waals surface area contributed by atoms with E-state index in [4.69, 9.17) is 0 Å². The summed E-state index contributed by atoms with van der Waals surface area (Å²) < 4.78 is 1.14. The highest BCUT2D eigenvalue weighted by Crippen LogP contribution is 2.20. The number of hydrogen-bond acceptors (Lipinski definition) is 3. The van der Waals surface area contributed by atoms with Crippen molar-refractivity contribution in [3.05, 3.63) is 20.8 Å². The molecule has 0 radical (unpaired) electrons. The smallest absolute Gasteiger partial charge is 0.223 e. The Hall–Kier alpha value is -0.390. The van der Waals surface area contributed by atoms with E-state index >= 15 is 0 Å². The van der Waals surface area contributed by atoms with Crippen molar-refractivity contribution in [3.63, 3.8) is 0 Å². The minimum atomic E-state index is 0.161. The lowest BCUT2D eigenvalue weighted by atomic mass is 10.3. The third kappa shape index (κ3) is 4.77. The van der Waals surface area contributed by atoms with Gasteiger partial charge in [-0.2, -0.15) is 0 Å². The highest BCUT2D eigenvalue weighted by Gasteiger charge is 2.02. The van der Waals surface area contributed by atoms with Gasteiger partial charge in [0.1, 0.15) is 0 Å². The number of halogens is 1. The summed E-state index contributed by atoms with van der Waals surface area (Å²) in [6.07, 6.45) is 0.554. The van der Waals surface area contributed by atoms with Crippen LogP contribution in [0.3, 0.4) is 0 Å². The van der Waals surface area contributed by atoms with Crippen molar-refractivity contribution >= 4 is 33.2 Å². The Labute approximate surface area is 103 Å². The molecule has 84 valence electrons. The molecule has 0 bridgehead atoms. The lowest BCUT2D eigenvalue weighted by Crippen LogP contribution is -2.26. The molecule has 0 saturated heterocycles. The van der Waals surface area contributed by atoms with Crippen LogP contribution in [0.4, 0.5) is 0 Å². The first-order valence-electron chi connectivity index (χ1n) is 4.73. The van der Waals surface area contributed by atoms with Gasteiger partial charge in [0, 0.05) is 33.6 Å². The molecule has 0 unspecified atom stereocenters. The molecule has 0 fully saturated rings. The summed E-state index contributed by atoms with van der Waals surface area (Å²) in [4.78, 5) is 12.9. The fourth-order valence-corrected chi connectivity index (χ4v) is 2.30. The first-order chi connectivity index (χ1) is 7.09. The molecule has 5 heteroatoms. The van der Waals surface area contributed by atoms with E-state index in [0.717, 1.165) is 16.9 Å². The van der Waals surface area contributed by atoms with Gasteiger partial charge in [-0.1, -0.05) is 0 Å². The SMILES string of the molecule is CN(C)C(=O)CCNCc1csc(Br)c1. The van der Waals surface area contributed by atoms with E-state index in [1.54, 1.807) is 30.3 Å². The minimum Gasteiger partial charge on any atom is -0.349 e. The summed E-state index contributed by atoms with van der Waals surface area (Å²) in [5, 5.41) is 5.34. The lowest BCUT2D eigenvalue weighted by Gasteiger charge is -2.09. The Morgan fingerprint density at radius 1 is 1.60 bits per heavy atom. The van der Waals surface area contributed by atoms with Crippen LogP contribution in [0, 0.1) is 0 Å². The molecule has 1 amide bonds. The Morgan fingerprint density at radius 2 is 2.33 bits per heavy atom. The molecule has 0 saturated carbocycles. The number of amides is 1. The largest absolute Gasteiger partial charge is 0.349 e. The lowest BCUT2D eigenvalue weighted by molar-refractivity contribution is -0.128. The highest BCUT2D eigenvalue weighted by molar-refractivity contribution is 9.11. The molecular formula is C10H15BrN2OS. The van der Waals surface area contributed by atoms with Crippen LogP contribution in [0.25, 0.3) is 0 Å². The Morgan fingerprint density at radius 3 is 2.87 bits per heavy atom. The molecule has 1 aromatic heterocycles. The molecule has 1 N–H and O–H groups in total. The third-order valence-electron chi connectivity index (χ3n) is 1.97. The van der Waals surface area contributed by atoms with Crippen LogP contribution in [0.15, 0.2) is 15.2 Å². The van der Waals surface area contributed by atoms with Gasteiger partial charge >= 0.3 is 0 Å². The first-order valence-corrected chi connectivity index (χ1v) is 6.40. The van der Waals surface area contributed by atoms with Crippen molar-refractivity contribution in [2.45, 2.75) is 13.0 Å². The number of carbonyl (C=O) groups excluding carboxylic acids is 1. The van der Waals surface area contributed by atoms with Gasteiger partial charge in [-0.3, -0.25) is 4.79 Å². The average molecular weight is 291 g/mol. The molecule has 0 aliphatic rings. The van der Waals surface area contributed by atoms with Crippen LogP contribution in [0.2, 0.25) is 0 Å². The van der Waals surface area contributed by atoms with E-state index in [9.17, 15) is 4.79 Å². The minimum absolute atomic E-state index is 0.161. The number of rotatable bonds is 5. The fraction of sp³-hybridized carbons (Fsp3) is 0.500. The van der Waals surface area contributed by atoms with E-state index in [1.807, 2.05) is 0 Å². The van der Waals surface area contributed by atoms with E-state index in [1.165, 1.54) is 5.56 Å². The van der Waals surface area contributed by atoms with Crippen molar-refractivity contribution in [2.75, 3.05) is 20.6 Å². The number of carbonyl (C=O) groups is 1. The number of nitrogens with one attached hydrogen (secondary N) is 1. The van der Waals surface area contributed by atoms with Crippen molar-refractivity contribution < 1.29 is 4.79 Å². The molecule has 3 nitrogen and oxygen atoms in total. The maximum Gasteiger partial charge on any atom is 0.223 e. The molecule has 0 atom stereocenters. The van der Waals surface area contributed by atoms with E-state index in [2.05, 4.69) is 32.7 Å². The summed E-state index contributed by atoms with van der Waals surface area (Å²) >= 11 is 5.09. The maximum absolute atomic E-state index is 11.2. The molecule has 0 aliphatic carbocycles. The Bertz CT molecular complexity index is 325. The monoisotopic (exact) mass is 290 g/mol. The van der Waals surface area contributed by atoms with Gasteiger partial charge < -0.3 is 10.2 Å². The van der Waals surface area contributed by atoms with Crippen molar-refractivity contribution in [1.29, 1.82) is 0 Å². The van der Waals surface area contributed by atoms with Crippen LogP contribution >= 0.6 is 27.3 Å². The second kappa shape index (κ2) is 6.25. The summed E-state index contributed by atoms with van der Waals surface area (Å²) in [5.41, 5.74) is 1.25. The van der Waals surface area contributed by atoms with Crippen molar-refractivity contribution in [1.82, 2.24) is 10.2 Å². The zero-order valence-electron chi connectivity index (χ0n) is 8.92. The van der Waals surface area contributed by atoms with Gasteiger partial charge in [-0.25, -0.2) is 0 Å². The summed E-state index contributed by atoms with van der Waals surface area (Å²) in [6.45, 7) is 1.55. The van der Waals surface area contributed by atoms with Crippen molar-refractivity contribution in [2.24, 2.45) is 0 Å². The molecule has 1 rings (SSSR count). The topological polar surface area (TPSA) is 32.3 Å². The zero-order chi connectivity index (χ0) is 11.3. The molecule has 0 aliphatic heterocycles. The number of nitrogens with zero attached hydrogens (tertiary/aromatic N) is 1. The first kappa shape index (κ1) is 12.7. The van der Waals surface area contributed by atoms with E-state index in [0.29, 0.717) is 6.42 Å². The zero-order valence-corrected chi connectivity index (χ0v) is 11.3. The van der Waals surface area contributed by atoms with E-state index in [-0.39, 0.29) is 5.91 Å². The van der Waals surface area contributed by atoms with Crippen LogP contribution in [-0.2, 0) is 11.3 Å². The third-order valence-corrected chi connectivity index (χ3v) is 3.52. The Kier molecular flexibility index (Phi) is 5.28.